The van der Waals surface area contributed by atoms with Gasteiger partial charge in [-0.25, -0.2) is 0 Å². The summed E-state index contributed by atoms with van der Waals surface area (Å²) in [6, 6.07) is 9.55. The molecule has 2 amide bonds. The van der Waals surface area contributed by atoms with Crippen LogP contribution in [0.5, 0.6) is 5.75 Å². The first-order valence-corrected chi connectivity index (χ1v) is 8.13. The molecular weight excluding hydrogens is 346 g/mol. The molecule has 0 unspecified atom stereocenters. The molecule has 1 N–H and O–H groups in total. The monoisotopic (exact) mass is 364 g/mol. The van der Waals surface area contributed by atoms with Crippen LogP contribution in [0.15, 0.2) is 47.1 Å². The standard InChI is InChI=1S/C18H18F2N2O4/c19-18(20)26-14-5-3-12(4-6-14)9-21-17(24)13-8-16(23)22(10-13)11-15-2-1-7-25-15/h1-7,13,18H,8-11H2,(H,21,24)/t13-/m0/s1. The summed E-state index contributed by atoms with van der Waals surface area (Å²) >= 11 is 0. The lowest BCUT2D eigenvalue weighted by Gasteiger charge is -2.15. The van der Waals surface area contributed by atoms with Gasteiger partial charge in [-0.2, -0.15) is 8.78 Å². The molecule has 1 aliphatic rings. The number of hydrogen-bond acceptors (Lipinski definition) is 4. The number of alkyl halides is 2. The lowest BCUT2D eigenvalue weighted by atomic mass is 10.1. The summed E-state index contributed by atoms with van der Waals surface area (Å²) in [7, 11) is 0. The van der Waals surface area contributed by atoms with Gasteiger partial charge in [0.05, 0.1) is 18.7 Å². The van der Waals surface area contributed by atoms with Crippen molar-refractivity contribution in [2.75, 3.05) is 6.54 Å². The van der Waals surface area contributed by atoms with E-state index in [9.17, 15) is 18.4 Å². The number of amides is 2. The lowest BCUT2D eigenvalue weighted by Crippen LogP contribution is -2.32. The second-order valence-corrected chi connectivity index (χ2v) is 5.99. The van der Waals surface area contributed by atoms with Crippen LogP contribution in [-0.2, 0) is 22.7 Å². The summed E-state index contributed by atoms with van der Waals surface area (Å²) in [6.07, 6.45) is 1.70. The van der Waals surface area contributed by atoms with Gasteiger partial charge in [0.2, 0.25) is 11.8 Å². The molecule has 1 aromatic heterocycles. The number of carbonyl (C=O) groups is 2. The molecule has 1 atom stereocenters. The molecule has 26 heavy (non-hydrogen) atoms. The molecule has 0 spiro atoms. The number of furan rings is 1. The van der Waals surface area contributed by atoms with Crippen LogP contribution in [0.3, 0.4) is 0 Å². The molecule has 3 rings (SSSR count). The zero-order valence-electron chi connectivity index (χ0n) is 13.9. The Bertz CT molecular complexity index is 747. The Morgan fingerprint density at radius 3 is 2.73 bits per heavy atom. The number of hydrogen-bond donors (Lipinski definition) is 1. The number of nitrogens with zero attached hydrogens (tertiary/aromatic N) is 1. The van der Waals surface area contributed by atoms with Gasteiger partial charge in [-0.15, -0.1) is 0 Å². The first-order valence-electron chi connectivity index (χ1n) is 8.13. The SMILES string of the molecule is O=C(NCc1ccc(OC(F)F)cc1)[C@H]1CC(=O)N(Cc2ccco2)C1. The van der Waals surface area contributed by atoms with E-state index in [4.69, 9.17) is 4.42 Å². The van der Waals surface area contributed by atoms with Gasteiger partial charge in [0.1, 0.15) is 11.5 Å². The van der Waals surface area contributed by atoms with Crippen LogP contribution in [0, 0.1) is 5.92 Å². The zero-order chi connectivity index (χ0) is 18.5. The predicted molar refractivity (Wildman–Crippen MR) is 87.2 cm³/mol. The van der Waals surface area contributed by atoms with E-state index in [1.54, 1.807) is 29.2 Å². The molecule has 0 saturated carbocycles. The van der Waals surface area contributed by atoms with Gasteiger partial charge in [0.15, 0.2) is 0 Å². The maximum Gasteiger partial charge on any atom is 0.387 e. The Balaban J connectivity index is 1.48. The summed E-state index contributed by atoms with van der Waals surface area (Å²) in [5.74, 6) is 0.0118. The maximum absolute atomic E-state index is 12.3. The Morgan fingerprint density at radius 1 is 1.31 bits per heavy atom. The lowest BCUT2D eigenvalue weighted by molar-refractivity contribution is -0.129. The normalized spacial score (nSPS) is 17.0. The van der Waals surface area contributed by atoms with E-state index >= 15 is 0 Å². The molecule has 1 aliphatic heterocycles. The van der Waals surface area contributed by atoms with Crippen LogP contribution in [0.4, 0.5) is 8.78 Å². The molecule has 1 aromatic carbocycles. The van der Waals surface area contributed by atoms with E-state index < -0.39 is 12.5 Å². The minimum absolute atomic E-state index is 0.0602. The third-order valence-electron chi connectivity index (χ3n) is 4.13. The average molecular weight is 364 g/mol. The van der Waals surface area contributed by atoms with Crippen molar-refractivity contribution >= 4 is 11.8 Å². The summed E-state index contributed by atoms with van der Waals surface area (Å²) in [5.41, 5.74) is 0.747. The summed E-state index contributed by atoms with van der Waals surface area (Å²) in [4.78, 5) is 25.9. The van der Waals surface area contributed by atoms with Crippen molar-refractivity contribution in [2.24, 2.45) is 5.92 Å². The first kappa shape index (κ1) is 17.9. The minimum atomic E-state index is -2.87. The van der Waals surface area contributed by atoms with Gasteiger partial charge in [-0.05, 0) is 29.8 Å². The van der Waals surface area contributed by atoms with Crippen molar-refractivity contribution in [3.63, 3.8) is 0 Å². The van der Waals surface area contributed by atoms with Crippen LogP contribution in [0.25, 0.3) is 0 Å². The zero-order valence-corrected chi connectivity index (χ0v) is 13.9. The van der Waals surface area contributed by atoms with E-state index in [1.807, 2.05) is 0 Å². The number of likely N-dealkylation sites (tertiary alicyclic amines) is 1. The van der Waals surface area contributed by atoms with E-state index in [2.05, 4.69) is 10.1 Å². The molecule has 6 nitrogen and oxygen atoms in total. The number of halogens is 2. The van der Waals surface area contributed by atoms with E-state index in [1.165, 1.54) is 18.4 Å². The largest absolute Gasteiger partial charge is 0.467 e. The van der Waals surface area contributed by atoms with Gasteiger partial charge in [0, 0.05) is 19.5 Å². The fraction of sp³-hybridized carbons (Fsp3) is 0.333. The number of nitrogens with one attached hydrogen (secondary N) is 1. The molecule has 1 saturated heterocycles. The maximum atomic E-state index is 12.3. The summed E-state index contributed by atoms with van der Waals surface area (Å²) < 4.78 is 33.7. The molecule has 0 radical (unpaired) electrons. The van der Waals surface area contributed by atoms with Crippen molar-refractivity contribution < 1.29 is 27.5 Å². The van der Waals surface area contributed by atoms with Crippen molar-refractivity contribution in [1.82, 2.24) is 10.2 Å². The molecule has 2 aromatic rings. The highest BCUT2D eigenvalue weighted by molar-refractivity contribution is 5.89. The van der Waals surface area contributed by atoms with E-state index in [-0.39, 0.29) is 30.5 Å². The van der Waals surface area contributed by atoms with Crippen LogP contribution >= 0.6 is 0 Å². The Kier molecular flexibility index (Phi) is 5.50. The Morgan fingerprint density at radius 2 is 2.08 bits per heavy atom. The second-order valence-electron chi connectivity index (χ2n) is 5.99. The number of rotatable bonds is 7. The van der Waals surface area contributed by atoms with E-state index in [0.717, 1.165) is 5.56 Å². The fourth-order valence-electron chi connectivity index (χ4n) is 2.81. The van der Waals surface area contributed by atoms with Gasteiger partial charge in [-0.1, -0.05) is 12.1 Å². The molecule has 0 bridgehead atoms. The smallest absolute Gasteiger partial charge is 0.387 e. The highest BCUT2D eigenvalue weighted by Crippen LogP contribution is 2.21. The van der Waals surface area contributed by atoms with Crippen molar-refractivity contribution in [3.8, 4) is 5.75 Å². The molecule has 0 aliphatic carbocycles. The highest BCUT2D eigenvalue weighted by Gasteiger charge is 2.34. The number of ether oxygens (including phenoxy) is 1. The summed E-state index contributed by atoms with van der Waals surface area (Å²) in [5, 5.41) is 2.77. The van der Waals surface area contributed by atoms with Gasteiger partial charge in [0.25, 0.3) is 0 Å². The van der Waals surface area contributed by atoms with Gasteiger partial charge >= 0.3 is 6.61 Å². The van der Waals surface area contributed by atoms with Crippen LogP contribution in [-0.4, -0.2) is 29.9 Å². The Labute approximate surface area is 148 Å². The third kappa shape index (κ3) is 4.59. The Hall–Kier alpha value is -2.90. The molecule has 138 valence electrons. The quantitative estimate of drug-likeness (QED) is 0.820. The second kappa shape index (κ2) is 7.99. The van der Waals surface area contributed by atoms with Gasteiger partial charge in [-0.3, -0.25) is 9.59 Å². The van der Waals surface area contributed by atoms with Crippen molar-refractivity contribution in [2.45, 2.75) is 26.1 Å². The number of benzene rings is 1. The predicted octanol–water partition coefficient (Wildman–Crippen LogP) is 2.55. The first-order chi connectivity index (χ1) is 12.5. The van der Waals surface area contributed by atoms with E-state index in [0.29, 0.717) is 18.8 Å². The number of carbonyl (C=O) groups excluding carboxylic acids is 2. The highest BCUT2D eigenvalue weighted by atomic mass is 19.3. The summed E-state index contributed by atoms with van der Waals surface area (Å²) in [6.45, 7) is -1.94. The average Bonchev–Trinajstić information content (AvgIpc) is 3.24. The third-order valence-corrected chi connectivity index (χ3v) is 4.13. The van der Waals surface area contributed by atoms with Gasteiger partial charge < -0.3 is 19.4 Å². The van der Waals surface area contributed by atoms with Crippen LogP contribution in [0.2, 0.25) is 0 Å². The van der Waals surface area contributed by atoms with Crippen molar-refractivity contribution in [3.05, 3.63) is 54.0 Å². The minimum Gasteiger partial charge on any atom is -0.467 e. The fourth-order valence-corrected chi connectivity index (χ4v) is 2.81. The topological polar surface area (TPSA) is 71.8 Å². The molecule has 1 fully saturated rings. The molecular formula is C18H18F2N2O4. The van der Waals surface area contributed by atoms with Crippen LogP contribution in [0.1, 0.15) is 17.7 Å². The molecule has 2 heterocycles. The molecule has 8 heteroatoms. The van der Waals surface area contributed by atoms with Crippen molar-refractivity contribution in [1.29, 1.82) is 0 Å². The van der Waals surface area contributed by atoms with Crippen LogP contribution < -0.4 is 10.1 Å².